The van der Waals surface area contributed by atoms with Gasteiger partial charge in [0.05, 0.1) is 22.4 Å². The molecular weight excluding hydrogens is 1140 g/mol. The molecule has 2 saturated heterocycles. The molecule has 2 aliphatic heterocycles. The zero-order valence-electron chi connectivity index (χ0n) is 42.5. The van der Waals surface area contributed by atoms with E-state index in [0.29, 0.717) is 0 Å². The van der Waals surface area contributed by atoms with Crippen LogP contribution in [0, 0.1) is 6.92 Å². The zero-order chi connectivity index (χ0) is 51.1. The molecule has 0 atom stereocenters. The minimum absolute atomic E-state index is 0.374. The second kappa shape index (κ2) is 23.5. The van der Waals surface area contributed by atoms with Crippen molar-refractivity contribution in [2.24, 2.45) is 0 Å². The molecule has 0 unspecified atom stereocenters. The smallest absolute Gasteiger partial charge is 0.399 e. The molecule has 0 radical (unpaired) electrons. The van der Waals surface area contributed by atoms with Gasteiger partial charge in [-0.1, -0.05) is 131 Å². The number of hydrogen-bond acceptors (Lipinski definition) is 6. The second-order valence-corrected chi connectivity index (χ2v) is 23.7. The summed E-state index contributed by atoms with van der Waals surface area (Å²) in [5.41, 5.74) is 9.78. The summed E-state index contributed by atoms with van der Waals surface area (Å²) in [6.45, 7) is 21.0. The average Bonchev–Trinajstić information content (AvgIpc) is 3.71. The topological polar surface area (TPSA) is 43.4 Å². The highest BCUT2D eigenvalue weighted by atomic mass is 79.9. The summed E-state index contributed by atoms with van der Waals surface area (Å²) < 4.78 is 29.5. The van der Waals surface area contributed by atoms with Gasteiger partial charge in [0.2, 0.25) is 0 Å². The number of nitrogens with zero attached hydrogens (tertiary/aromatic N) is 2. The second-order valence-electron chi connectivity index (χ2n) is 20.0. The van der Waals surface area contributed by atoms with Crippen LogP contribution in [0.3, 0.4) is 0 Å². The summed E-state index contributed by atoms with van der Waals surface area (Å²) in [4.78, 5) is 4.51. The fourth-order valence-electron chi connectivity index (χ4n) is 7.91. The third-order valence-corrected chi connectivity index (χ3v) is 15.7. The van der Waals surface area contributed by atoms with Gasteiger partial charge in [0.25, 0.3) is 0 Å². The van der Waals surface area contributed by atoms with Gasteiger partial charge >= 0.3 is 14.2 Å². The van der Waals surface area contributed by atoms with Crippen LogP contribution in [0.4, 0.5) is 34.1 Å². The van der Waals surface area contributed by atoms with E-state index in [1.54, 1.807) is 0 Å². The summed E-state index contributed by atoms with van der Waals surface area (Å²) in [6, 6.07) is 59.1. The Morgan fingerprint density at radius 2 is 0.606 bits per heavy atom. The lowest BCUT2D eigenvalue weighted by atomic mass is 9.79. The molecule has 2 heterocycles. The van der Waals surface area contributed by atoms with Gasteiger partial charge in [-0.2, -0.15) is 0 Å². The monoisotopic (exact) mass is 1200 g/mol. The number of benzene rings is 7. The van der Waals surface area contributed by atoms with Crippen LogP contribution in [0.25, 0.3) is 0 Å². The lowest BCUT2D eigenvalue weighted by molar-refractivity contribution is 0.00578. The highest BCUT2D eigenvalue weighted by Crippen LogP contribution is 2.40. The Morgan fingerprint density at radius 1 is 0.366 bits per heavy atom. The minimum Gasteiger partial charge on any atom is -0.399 e. The molecule has 0 aliphatic carbocycles. The SMILES string of the molecule is Brc1ccc(N(c2ccc(Br)cc2)c2ccc(Br)cc2)cc1.CCCCc1ccc(N(c2ccc(B3OC(C)(C)C(C)(C)O3)cc2)c2ccc(B3OC(C)(C)C(C)(C)O3)cc2)cc1.Cc1ccc(Br)cc1. The van der Waals surface area contributed by atoms with E-state index in [4.69, 9.17) is 18.6 Å². The summed E-state index contributed by atoms with van der Waals surface area (Å²) in [7, 11) is -0.779. The molecule has 2 aliphatic rings. The van der Waals surface area contributed by atoms with E-state index in [2.05, 4.69) is 300 Å². The number of unbranched alkanes of at least 4 members (excludes halogenated alkanes) is 1. The molecule has 368 valence electrons. The molecule has 2 fully saturated rings. The first-order valence-electron chi connectivity index (χ1n) is 24.2. The Morgan fingerprint density at radius 3 is 0.859 bits per heavy atom. The lowest BCUT2D eigenvalue weighted by Crippen LogP contribution is -2.41. The van der Waals surface area contributed by atoms with Gasteiger partial charge < -0.3 is 28.4 Å². The molecule has 71 heavy (non-hydrogen) atoms. The Balaban J connectivity index is 0.000000204. The Hall–Kier alpha value is -3.97. The van der Waals surface area contributed by atoms with Crippen molar-refractivity contribution in [3.8, 4) is 0 Å². The van der Waals surface area contributed by atoms with E-state index < -0.39 is 0 Å². The highest BCUT2D eigenvalue weighted by Gasteiger charge is 2.52. The van der Waals surface area contributed by atoms with Gasteiger partial charge in [-0.25, -0.2) is 0 Å². The maximum atomic E-state index is 6.30. The van der Waals surface area contributed by atoms with Crippen LogP contribution in [0.2, 0.25) is 0 Å². The molecule has 12 heteroatoms. The third kappa shape index (κ3) is 13.8. The van der Waals surface area contributed by atoms with Crippen molar-refractivity contribution in [1.29, 1.82) is 0 Å². The molecule has 0 aromatic heterocycles. The molecule has 9 rings (SSSR count). The predicted molar refractivity (Wildman–Crippen MR) is 314 cm³/mol. The highest BCUT2D eigenvalue weighted by molar-refractivity contribution is 9.11. The van der Waals surface area contributed by atoms with E-state index in [-0.39, 0.29) is 36.6 Å². The maximum Gasteiger partial charge on any atom is 0.494 e. The number of hydrogen-bond donors (Lipinski definition) is 0. The predicted octanol–water partition coefficient (Wildman–Crippen LogP) is 17.3. The summed E-state index contributed by atoms with van der Waals surface area (Å²) in [5, 5.41) is 0. The quantitative estimate of drug-likeness (QED) is 0.120. The summed E-state index contributed by atoms with van der Waals surface area (Å²) >= 11 is 13.8. The van der Waals surface area contributed by atoms with Crippen molar-refractivity contribution < 1.29 is 18.6 Å². The van der Waals surface area contributed by atoms with Gasteiger partial charge in [-0.05, 0) is 213 Å². The molecule has 7 aromatic carbocycles. The van der Waals surface area contributed by atoms with Gasteiger partial charge in [-0.3, -0.25) is 0 Å². The average molecular weight is 1210 g/mol. The zero-order valence-corrected chi connectivity index (χ0v) is 48.8. The normalized spacial score (nSPS) is 16.1. The largest absolute Gasteiger partial charge is 0.494 e. The Kier molecular flexibility index (Phi) is 18.1. The molecule has 0 spiro atoms. The van der Waals surface area contributed by atoms with Crippen LogP contribution in [-0.4, -0.2) is 36.6 Å². The van der Waals surface area contributed by atoms with E-state index >= 15 is 0 Å². The van der Waals surface area contributed by atoms with Crippen molar-refractivity contribution in [1.82, 2.24) is 0 Å². The van der Waals surface area contributed by atoms with Crippen molar-refractivity contribution in [2.75, 3.05) is 9.80 Å². The van der Waals surface area contributed by atoms with Gasteiger partial charge in [0.15, 0.2) is 0 Å². The van der Waals surface area contributed by atoms with Crippen LogP contribution in [0.1, 0.15) is 86.3 Å². The molecule has 0 bridgehead atoms. The number of aryl methyl sites for hydroxylation is 2. The molecule has 0 amide bonds. The van der Waals surface area contributed by atoms with Crippen LogP contribution >= 0.6 is 63.7 Å². The van der Waals surface area contributed by atoms with Gasteiger partial charge in [-0.15, -0.1) is 0 Å². The number of halogens is 4. The fourth-order valence-corrected chi connectivity index (χ4v) is 8.97. The van der Waals surface area contributed by atoms with Crippen molar-refractivity contribution in [3.05, 3.63) is 199 Å². The summed E-state index contributed by atoms with van der Waals surface area (Å²) in [5.74, 6) is 0. The van der Waals surface area contributed by atoms with Crippen LogP contribution in [-0.2, 0) is 25.0 Å². The minimum atomic E-state index is -0.389. The first kappa shape index (κ1) is 54.8. The molecule has 0 N–H and O–H groups in total. The number of anilines is 6. The molecular formula is C59H64B2Br4N2O4. The van der Waals surface area contributed by atoms with Gasteiger partial charge in [0, 0.05) is 52.0 Å². The van der Waals surface area contributed by atoms with Gasteiger partial charge in [0.1, 0.15) is 0 Å². The van der Waals surface area contributed by atoms with Crippen LogP contribution < -0.4 is 20.7 Å². The molecule has 6 nitrogen and oxygen atoms in total. The number of rotatable bonds is 11. The summed E-state index contributed by atoms with van der Waals surface area (Å²) in [6.07, 6.45) is 3.49. The van der Waals surface area contributed by atoms with E-state index in [9.17, 15) is 0 Å². The Labute approximate surface area is 457 Å². The fraction of sp³-hybridized carbons (Fsp3) is 0.288. The maximum absolute atomic E-state index is 6.30. The van der Waals surface area contributed by atoms with Crippen LogP contribution in [0.5, 0.6) is 0 Å². The standard InChI is InChI=1S/C34H45B2NO4.C18H12Br3N.C7H7Br/c1-10-11-12-25-13-19-28(20-14-25)37(29-21-15-26(16-22-29)35-38-31(2,3)32(4,5)39-35)30-23-17-27(18-24-30)36-40-33(6,7)34(8,9)41-36;19-13-1-7-16(8-2-13)22(17-9-3-14(20)4-10-17)18-11-5-15(21)6-12-18;1-6-2-4-7(8)5-3-6/h13-24H,10-12H2,1-9H3;1-12H;2-5H,1H3. The first-order chi connectivity index (χ1) is 33.6. The Bertz CT molecular complexity index is 2550. The van der Waals surface area contributed by atoms with E-state index in [0.717, 1.165) is 69.4 Å². The first-order valence-corrected chi connectivity index (χ1v) is 27.4. The van der Waals surface area contributed by atoms with Crippen LogP contribution in [0.15, 0.2) is 188 Å². The van der Waals surface area contributed by atoms with E-state index in [1.165, 1.54) is 24.0 Å². The third-order valence-electron chi connectivity index (χ3n) is 13.6. The van der Waals surface area contributed by atoms with E-state index in [1.807, 2.05) is 12.1 Å². The van der Waals surface area contributed by atoms with Crippen molar-refractivity contribution in [2.45, 2.75) is 111 Å². The van der Waals surface area contributed by atoms with Crippen molar-refractivity contribution >= 4 is 123 Å². The lowest BCUT2D eigenvalue weighted by Gasteiger charge is -2.32. The van der Waals surface area contributed by atoms with Crippen molar-refractivity contribution in [3.63, 3.8) is 0 Å². The molecule has 7 aromatic rings. The molecule has 0 saturated carbocycles.